The second kappa shape index (κ2) is 4.63. The van der Waals surface area contributed by atoms with E-state index in [0.29, 0.717) is 48.0 Å². The van der Waals surface area contributed by atoms with Gasteiger partial charge in [0, 0.05) is 22.3 Å². The van der Waals surface area contributed by atoms with E-state index >= 15 is 0 Å². The Morgan fingerprint density at radius 2 is 0.650 bits per heavy atom. The summed E-state index contributed by atoms with van der Waals surface area (Å²) < 4.78 is 0. The lowest BCUT2D eigenvalue weighted by molar-refractivity contribution is -0.116. The van der Waals surface area contributed by atoms with E-state index in [4.69, 9.17) is 0 Å². The molecule has 100 valence electrons. The Hall–Kier alpha value is -2.36. The van der Waals surface area contributed by atoms with Crippen molar-refractivity contribution in [3.8, 4) is 0 Å². The van der Waals surface area contributed by atoms with E-state index in [0.717, 1.165) is 0 Å². The Bertz CT molecular complexity index is 563. The molecule has 0 amide bonds. The van der Waals surface area contributed by atoms with E-state index in [2.05, 4.69) is 0 Å². The number of rotatable bonds is 0. The lowest BCUT2D eigenvalue weighted by Crippen LogP contribution is -2.18. The fourth-order valence-corrected chi connectivity index (χ4v) is 2.61. The number of allylic oxidation sites excluding steroid dienone is 8. The zero-order valence-electron chi connectivity index (χ0n) is 10.8. The zero-order chi connectivity index (χ0) is 14.3. The molecular formula is C16H12O4. The van der Waals surface area contributed by atoms with Gasteiger partial charge in [-0.3, -0.25) is 19.2 Å². The van der Waals surface area contributed by atoms with Crippen LogP contribution in [-0.2, 0) is 19.2 Å². The highest BCUT2D eigenvalue weighted by Gasteiger charge is 2.25. The maximum atomic E-state index is 11.9. The van der Waals surface area contributed by atoms with Gasteiger partial charge in [0.2, 0.25) is 0 Å². The number of carbonyl (C=O) groups is 4. The highest BCUT2D eigenvalue weighted by Crippen LogP contribution is 2.27. The molecule has 6 aliphatic carbocycles. The minimum absolute atomic E-state index is 0.163. The summed E-state index contributed by atoms with van der Waals surface area (Å²) >= 11 is 0. The first-order valence-electron chi connectivity index (χ1n) is 6.54. The molecule has 0 aromatic rings. The molecule has 0 unspecified atom stereocenters. The summed E-state index contributed by atoms with van der Waals surface area (Å²) in [5, 5.41) is 0. The summed E-state index contributed by atoms with van der Waals surface area (Å²) in [5.41, 5.74) is 1.65. The summed E-state index contributed by atoms with van der Waals surface area (Å²) in [7, 11) is 0. The third-order valence-corrected chi connectivity index (χ3v) is 3.81. The maximum Gasteiger partial charge on any atom is 0.182 e. The van der Waals surface area contributed by atoms with Gasteiger partial charge in [0.1, 0.15) is 0 Å². The molecular weight excluding hydrogens is 256 g/mol. The van der Waals surface area contributed by atoms with Crippen LogP contribution in [0.2, 0.25) is 0 Å². The predicted octanol–water partition coefficient (Wildman–Crippen LogP) is 1.57. The van der Waals surface area contributed by atoms with Gasteiger partial charge < -0.3 is 0 Å². The lowest BCUT2D eigenvalue weighted by atomic mass is 9.84. The molecule has 0 aromatic heterocycles. The topological polar surface area (TPSA) is 68.3 Å². The first-order chi connectivity index (χ1) is 9.54. The molecule has 4 heteroatoms. The lowest BCUT2D eigenvalue weighted by Gasteiger charge is -2.17. The average molecular weight is 268 g/mol. The molecule has 0 atom stereocenters. The molecule has 20 heavy (non-hydrogen) atoms. The summed E-state index contributed by atoms with van der Waals surface area (Å²) in [6.07, 6.45) is 6.71. The summed E-state index contributed by atoms with van der Waals surface area (Å²) in [4.78, 5) is 47.6. The monoisotopic (exact) mass is 268 g/mol. The predicted molar refractivity (Wildman–Crippen MR) is 70.8 cm³/mol. The zero-order valence-corrected chi connectivity index (χ0v) is 10.8. The van der Waals surface area contributed by atoms with Crippen molar-refractivity contribution < 1.29 is 19.2 Å². The number of hydrogen-bond acceptors (Lipinski definition) is 4. The molecule has 0 spiro atoms. The van der Waals surface area contributed by atoms with Crippen molar-refractivity contribution in [3.63, 3.8) is 0 Å². The Morgan fingerprint density at radius 3 is 0.850 bits per heavy atom. The molecule has 0 fully saturated rings. The molecule has 0 N–H and O–H groups in total. The molecule has 0 aromatic carbocycles. The fourth-order valence-electron chi connectivity index (χ4n) is 2.61. The van der Waals surface area contributed by atoms with Crippen molar-refractivity contribution in [2.45, 2.75) is 25.7 Å². The van der Waals surface area contributed by atoms with Crippen molar-refractivity contribution >= 4 is 23.1 Å². The van der Waals surface area contributed by atoms with Crippen LogP contribution in [0.15, 0.2) is 46.6 Å². The molecule has 4 nitrogen and oxygen atoms in total. The maximum absolute atomic E-state index is 11.9. The highest BCUT2D eigenvalue weighted by molar-refractivity contribution is 6.22. The van der Waals surface area contributed by atoms with Crippen LogP contribution in [-0.4, -0.2) is 23.1 Å². The van der Waals surface area contributed by atoms with Crippen LogP contribution in [0.1, 0.15) is 25.7 Å². The van der Waals surface area contributed by atoms with Gasteiger partial charge in [-0.1, -0.05) is 0 Å². The molecule has 0 saturated heterocycles. The average Bonchev–Trinajstić information content (AvgIpc) is 2.40. The van der Waals surface area contributed by atoms with E-state index in [1.54, 1.807) is 0 Å². The van der Waals surface area contributed by atoms with Crippen LogP contribution in [0.25, 0.3) is 0 Å². The molecule has 0 saturated carbocycles. The van der Waals surface area contributed by atoms with Crippen LogP contribution < -0.4 is 0 Å². The third kappa shape index (κ3) is 2.13. The summed E-state index contributed by atoms with van der Waals surface area (Å²) in [6.45, 7) is 0. The smallest absolute Gasteiger partial charge is 0.182 e. The van der Waals surface area contributed by atoms with Crippen molar-refractivity contribution in [1.82, 2.24) is 0 Å². The quantitative estimate of drug-likeness (QED) is 0.625. The van der Waals surface area contributed by atoms with E-state index in [9.17, 15) is 19.2 Å². The highest BCUT2D eigenvalue weighted by atomic mass is 16.1. The van der Waals surface area contributed by atoms with Gasteiger partial charge >= 0.3 is 0 Å². The van der Waals surface area contributed by atoms with Crippen molar-refractivity contribution in [2.24, 2.45) is 0 Å². The first kappa shape index (κ1) is 12.7. The minimum Gasteiger partial charge on any atom is -0.290 e. The number of hydrogen-bond donors (Lipinski definition) is 0. The Morgan fingerprint density at radius 1 is 0.450 bits per heavy atom. The number of ketones is 4. The van der Waals surface area contributed by atoms with Crippen LogP contribution in [0.3, 0.4) is 0 Å². The van der Waals surface area contributed by atoms with E-state index in [1.165, 1.54) is 24.3 Å². The Kier molecular flexibility index (Phi) is 2.93. The minimum atomic E-state index is -0.163. The van der Waals surface area contributed by atoms with Gasteiger partial charge in [-0.15, -0.1) is 0 Å². The van der Waals surface area contributed by atoms with Gasteiger partial charge in [0.25, 0.3) is 0 Å². The second-order valence-corrected chi connectivity index (χ2v) is 5.14. The van der Waals surface area contributed by atoms with E-state index in [-0.39, 0.29) is 23.1 Å². The van der Waals surface area contributed by atoms with Crippen molar-refractivity contribution in [2.75, 3.05) is 0 Å². The standard InChI is InChI=1S/C16H12O4/c17-13-7-11-3-4-12-8-15(19)10(6-16(12)20)2-1-9(13)5-14(11)18/h5-8H,1-4H2. The Balaban J connectivity index is 2.02. The van der Waals surface area contributed by atoms with Gasteiger partial charge in [-0.25, -0.2) is 0 Å². The van der Waals surface area contributed by atoms with Gasteiger partial charge in [0.15, 0.2) is 23.1 Å². The first-order valence-corrected chi connectivity index (χ1v) is 6.54. The van der Waals surface area contributed by atoms with Crippen molar-refractivity contribution in [3.05, 3.63) is 46.6 Å². The molecule has 0 radical (unpaired) electrons. The third-order valence-electron chi connectivity index (χ3n) is 3.81. The van der Waals surface area contributed by atoms with Gasteiger partial charge in [0.05, 0.1) is 0 Å². The normalized spacial score (nSPS) is 22.8. The summed E-state index contributed by atoms with van der Waals surface area (Å²) in [5.74, 6) is -0.650. The van der Waals surface area contributed by atoms with Crippen LogP contribution in [0, 0.1) is 0 Å². The molecule has 0 aliphatic heterocycles. The fraction of sp³-hybridized carbons (Fsp3) is 0.250. The molecule has 6 rings (SSSR count). The largest absolute Gasteiger partial charge is 0.290 e. The SMILES string of the molecule is O=C1C=C2CCC3=CC(=O)C(=CC3=O)CCC1=CC2=O. The summed E-state index contributed by atoms with van der Waals surface area (Å²) in [6, 6.07) is 0. The van der Waals surface area contributed by atoms with Crippen LogP contribution in [0.4, 0.5) is 0 Å². The van der Waals surface area contributed by atoms with Gasteiger partial charge in [-0.05, 0) is 50.0 Å². The number of carbonyl (C=O) groups excluding carboxylic acids is 4. The molecule has 6 aliphatic rings. The van der Waals surface area contributed by atoms with Gasteiger partial charge in [-0.2, -0.15) is 0 Å². The van der Waals surface area contributed by atoms with Crippen LogP contribution in [0.5, 0.6) is 0 Å². The Labute approximate surface area is 115 Å². The van der Waals surface area contributed by atoms with E-state index in [1.807, 2.05) is 0 Å². The van der Waals surface area contributed by atoms with Crippen LogP contribution >= 0.6 is 0 Å². The van der Waals surface area contributed by atoms with Crippen molar-refractivity contribution in [1.29, 1.82) is 0 Å². The van der Waals surface area contributed by atoms with E-state index < -0.39 is 0 Å². The second-order valence-electron chi connectivity index (χ2n) is 5.14. The molecule has 4 bridgehead atoms. The molecule has 0 heterocycles.